The van der Waals surface area contributed by atoms with Crippen LogP contribution in [-0.2, 0) is 19.1 Å². The predicted molar refractivity (Wildman–Crippen MR) is 175 cm³/mol. The maximum absolute atomic E-state index is 12.0. The summed E-state index contributed by atoms with van der Waals surface area (Å²) >= 11 is 0. The third-order valence-electron chi connectivity index (χ3n) is 8.14. The lowest BCUT2D eigenvalue weighted by Crippen LogP contribution is -2.23. The summed E-state index contributed by atoms with van der Waals surface area (Å²) in [6.45, 7) is 7.35. The summed E-state index contributed by atoms with van der Waals surface area (Å²) in [6, 6.07) is 0. The van der Waals surface area contributed by atoms with E-state index in [2.05, 4.69) is 25.8 Å². The summed E-state index contributed by atoms with van der Waals surface area (Å²) in [5.41, 5.74) is 0. The first kappa shape index (κ1) is 39.9. The highest BCUT2D eigenvalue weighted by Gasteiger charge is 2.07. The minimum Gasteiger partial charge on any atom is -0.466 e. The average molecular weight is 582 g/mol. The summed E-state index contributed by atoms with van der Waals surface area (Å²) in [7, 11) is 2.05. The van der Waals surface area contributed by atoms with Crippen LogP contribution in [0.25, 0.3) is 0 Å². The zero-order valence-corrected chi connectivity index (χ0v) is 28.0. The van der Waals surface area contributed by atoms with E-state index < -0.39 is 0 Å². The van der Waals surface area contributed by atoms with Crippen molar-refractivity contribution >= 4 is 11.9 Å². The van der Waals surface area contributed by atoms with E-state index in [-0.39, 0.29) is 11.9 Å². The number of hydrogen-bond acceptors (Lipinski definition) is 5. The maximum Gasteiger partial charge on any atom is 0.307 e. The number of nitrogens with zero attached hydrogens (tertiary/aromatic N) is 1. The lowest BCUT2D eigenvalue weighted by Gasteiger charge is -2.16. The standard InChI is InChI=1S/C36H71NO4/c1-4-6-8-10-12-14-16-17-19-21-22-27-33-40-35(38)29-25-24-26-31-37(3)32-30-36(39)41-34-28-23-20-18-15-13-11-9-7-5-2/h4-34H2,1-3H3. The van der Waals surface area contributed by atoms with Gasteiger partial charge in [-0.2, -0.15) is 0 Å². The van der Waals surface area contributed by atoms with Crippen LogP contribution >= 0.6 is 0 Å². The fourth-order valence-electron chi connectivity index (χ4n) is 5.27. The van der Waals surface area contributed by atoms with Gasteiger partial charge in [0.15, 0.2) is 0 Å². The molecule has 41 heavy (non-hydrogen) atoms. The number of hydrogen-bond donors (Lipinski definition) is 0. The molecule has 0 rings (SSSR count). The molecule has 0 aromatic carbocycles. The monoisotopic (exact) mass is 582 g/mol. The SMILES string of the molecule is CCCCCCCCCCCCCCOC(=O)CCCCCN(C)CCC(=O)OCCCCCCCCCCCC. The van der Waals surface area contributed by atoms with Crippen LogP contribution in [0.2, 0.25) is 0 Å². The third kappa shape index (κ3) is 33.3. The maximum atomic E-state index is 12.0. The smallest absolute Gasteiger partial charge is 0.307 e. The molecule has 0 aliphatic rings. The van der Waals surface area contributed by atoms with Gasteiger partial charge in [0.1, 0.15) is 0 Å². The van der Waals surface area contributed by atoms with Crippen molar-refractivity contribution in [3.63, 3.8) is 0 Å². The fourth-order valence-corrected chi connectivity index (χ4v) is 5.27. The molecule has 0 atom stereocenters. The van der Waals surface area contributed by atoms with Crippen LogP contribution in [0, 0.1) is 0 Å². The molecule has 0 amide bonds. The molecule has 0 fully saturated rings. The van der Waals surface area contributed by atoms with Crippen molar-refractivity contribution in [1.29, 1.82) is 0 Å². The number of unbranched alkanes of at least 4 members (excludes halogenated alkanes) is 22. The highest BCUT2D eigenvalue weighted by Crippen LogP contribution is 2.13. The van der Waals surface area contributed by atoms with E-state index in [1.54, 1.807) is 0 Å². The topological polar surface area (TPSA) is 55.8 Å². The molecule has 0 saturated carbocycles. The molecule has 0 unspecified atom stereocenters. The number of rotatable bonds is 33. The van der Waals surface area contributed by atoms with Crippen LogP contribution in [0.15, 0.2) is 0 Å². The van der Waals surface area contributed by atoms with Crippen molar-refractivity contribution in [2.75, 3.05) is 33.4 Å². The largest absolute Gasteiger partial charge is 0.466 e. The molecule has 5 nitrogen and oxygen atoms in total. The molecule has 5 heteroatoms. The molecule has 0 bridgehead atoms. The van der Waals surface area contributed by atoms with Gasteiger partial charge in [0, 0.05) is 13.0 Å². The first-order chi connectivity index (χ1) is 20.1. The Hall–Kier alpha value is -1.10. The Bertz CT molecular complexity index is 554. The molecule has 0 spiro atoms. The van der Waals surface area contributed by atoms with E-state index in [0.717, 1.165) is 51.6 Å². The molecule has 0 radical (unpaired) electrons. The average Bonchev–Trinajstić information content (AvgIpc) is 2.97. The summed E-state index contributed by atoms with van der Waals surface area (Å²) in [5.74, 6) is -0.129. The van der Waals surface area contributed by atoms with Crippen molar-refractivity contribution in [1.82, 2.24) is 4.90 Å². The molecule has 0 heterocycles. The first-order valence-electron chi connectivity index (χ1n) is 18.1. The van der Waals surface area contributed by atoms with Crippen LogP contribution in [0.1, 0.15) is 187 Å². The zero-order valence-electron chi connectivity index (χ0n) is 28.0. The highest BCUT2D eigenvalue weighted by molar-refractivity contribution is 5.69. The lowest BCUT2D eigenvalue weighted by atomic mass is 10.1. The lowest BCUT2D eigenvalue weighted by molar-refractivity contribution is -0.145. The molecule has 0 saturated heterocycles. The Morgan fingerprint density at radius 2 is 0.756 bits per heavy atom. The summed E-state index contributed by atoms with van der Waals surface area (Å²) in [6.07, 6.45) is 32.6. The van der Waals surface area contributed by atoms with E-state index in [1.807, 2.05) is 0 Å². The molecule has 244 valence electrons. The Kier molecular flexibility index (Phi) is 32.5. The quantitative estimate of drug-likeness (QED) is 0.0570. The predicted octanol–water partition coefficient (Wildman–Crippen LogP) is 10.6. The Balaban J connectivity index is 3.37. The van der Waals surface area contributed by atoms with E-state index in [1.165, 1.54) is 122 Å². The summed E-state index contributed by atoms with van der Waals surface area (Å²) in [4.78, 5) is 26.1. The van der Waals surface area contributed by atoms with Gasteiger partial charge in [0.05, 0.1) is 19.6 Å². The normalized spacial score (nSPS) is 11.3. The molecule has 0 aromatic rings. The van der Waals surface area contributed by atoms with E-state index in [0.29, 0.717) is 26.1 Å². The van der Waals surface area contributed by atoms with Gasteiger partial charge in [-0.3, -0.25) is 9.59 Å². The van der Waals surface area contributed by atoms with Gasteiger partial charge in [-0.25, -0.2) is 0 Å². The van der Waals surface area contributed by atoms with Gasteiger partial charge in [0.2, 0.25) is 0 Å². The molecular formula is C36H71NO4. The minimum absolute atomic E-state index is 0.0495. The number of carbonyl (C=O) groups excluding carboxylic acids is 2. The Labute approximate surface area is 256 Å². The van der Waals surface area contributed by atoms with Gasteiger partial charge in [0.25, 0.3) is 0 Å². The van der Waals surface area contributed by atoms with Crippen molar-refractivity contribution < 1.29 is 19.1 Å². The Morgan fingerprint density at radius 1 is 0.415 bits per heavy atom. The van der Waals surface area contributed by atoms with Crippen LogP contribution in [0.3, 0.4) is 0 Å². The summed E-state index contributed by atoms with van der Waals surface area (Å²) < 4.78 is 10.8. The number of ether oxygens (including phenoxy) is 2. The second-order valence-corrected chi connectivity index (χ2v) is 12.4. The molecule has 0 aliphatic heterocycles. The molecule has 0 aliphatic carbocycles. The van der Waals surface area contributed by atoms with Crippen molar-refractivity contribution in [2.45, 2.75) is 187 Å². The van der Waals surface area contributed by atoms with Crippen molar-refractivity contribution in [3.05, 3.63) is 0 Å². The van der Waals surface area contributed by atoms with Crippen molar-refractivity contribution in [2.24, 2.45) is 0 Å². The van der Waals surface area contributed by atoms with Crippen LogP contribution < -0.4 is 0 Å². The van der Waals surface area contributed by atoms with Crippen LogP contribution in [-0.4, -0.2) is 50.2 Å². The van der Waals surface area contributed by atoms with Crippen LogP contribution in [0.5, 0.6) is 0 Å². The number of carbonyl (C=O) groups is 2. The third-order valence-corrected chi connectivity index (χ3v) is 8.14. The van der Waals surface area contributed by atoms with Gasteiger partial charge in [-0.1, -0.05) is 149 Å². The summed E-state index contributed by atoms with van der Waals surface area (Å²) in [5, 5.41) is 0. The first-order valence-corrected chi connectivity index (χ1v) is 18.1. The van der Waals surface area contributed by atoms with Gasteiger partial charge >= 0.3 is 11.9 Å². The van der Waals surface area contributed by atoms with Gasteiger partial charge < -0.3 is 14.4 Å². The number of esters is 2. The zero-order chi connectivity index (χ0) is 30.1. The van der Waals surface area contributed by atoms with E-state index in [9.17, 15) is 9.59 Å². The van der Waals surface area contributed by atoms with Gasteiger partial charge in [-0.05, 0) is 39.3 Å². The Morgan fingerprint density at radius 3 is 1.17 bits per heavy atom. The second-order valence-electron chi connectivity index (χ2n) is 12.4. The molecule has 0 aromatic heterocycles. The fraction of sp³-hybridized carbons (Fsp3) is 0.944. The van der Waals surface area contributed by atoms with Crippen LogP contribution in [0.4, 0.5) is 0 Å². The van der Waals surface area contributed by atoms with Crippen molar-refractivity contribution in [3.8, 4) is 0 Å². The van der Waals surface area contributed by atoms with E-state index >= 15 is 0 Å². The molecule has 0 N–H and O–H groups in total. The molecular weight excluding hydrogens is 510 g/mol. The second kappa shape index (κ2) is 33.4. The van der Waals surface area contributed by atoms with Gasteiger partial charge in [-0.15, -0.1) is 0 Å². The van der Waals surface area contributed by atoms with E-state index in [4.69, 9.17) is 9.47 Å². The minimum atomic E-state index is -0.0799. The highest BCUT2D eigenvalue weighted by atomic mass is 16.5.